The molecule has 1 aromatic carbocycles. The molecule has 0 heterocycles. The predicted octanol–water partition coefficient (Wildman–Crippen LogP) is 3.79. The van der Waals surface area contributed by atoms with Gasteiger partial charge in [-0.3, -0.25) is 0 Å². The van der Waals surface area contributed by atoms with Crippen molar-refractivity contribution in [3.63, 3.8) is 0 Å². The first-order valence-corrected chi connectivity index (χ1v) is 6.56. The topological polar surface area (TPSA) is 33.0 Å². The predicted molar refractivity (Wildman–Crippen MR) is 72.3 cm³/mol. The first-order valence-electron chi connectivity index (χ1n) is 6.56. The van der Waals surface area contributed by atoms with Crippen molar-refractivity contribution in [2.45, 2.75) is 37.7 Å². The summed E-state index contributed by atoms with van der Waals surface area (Å²) in [4.78, 5) is 0. The van der Waals surface area contributed by atoms with Crippen LogP contribution >= 0.6 is 0 Å². The summed E-state index contributed by atoms with van der Waals surface area (Å²) >= 11 is 0. The second-order valence-corrected chi connectivity index (χ2v) is 4.83. The Labute approximate surface area is 109 Å². The zero-order valence-corrected chi connectivity index (χ0v) is 10.6. The lowest BCUT2D eigenvalue weighted by molar-refractivity contribution is 0.0424. The minimum Gasteiger partial charge on any atom is -0.374 e. The van der Waals surface area contributed by atoms with Crippen LogP contribution in [0.5, 0.6) is 0 Å². The monoisotopic (exact) mass is 241 g/mol. The third-order valence-electron chi connectivity index (χ3n) is 3.64. The molecule has 2 nitrogen and oxygen atoms in total. The molecule has 0 aliphatic heterocycles. The van der Waals surface area contributed by atoms with Crippen molar-refractivity contribution in [1.82, 2.24) is 0 Å². The third-order valence-corrected chi connectivity index (χ3v) is 3.64. The Morgan fingerprint density at radius 3 is 2.44 bits per heavy atom. The number of hydrogen-bond acceptors (Lipinski definition) is 2. The highest BCUT2D eigenvalue weighted by Gasteiger charge is 2.22. The second kappa shape index (κ2) is 6.37. The van der Waals surface area contributed by atoms with Gasteiger partial charge in [0, 0.05) is 0 Å². The lowest BCUT2D eigenvalue weighted by Gasteiger charge is -2.28. The summed E-state index contributed by atoms with van der Waals surface area (Å²) in [5.41, 5.74) is 2.10. The van der Waals surface area contributed by atoms with E-state index in [0.29, 0.717) is 18.6 Å². The molecular weight excluding hydrogens is 222 g/mol. The zero-order chi connectivity index (χ0) is 12.8. The van der Waals surface area contributed by atoms with Crippen LogP contribution in [0.2, 0.25) is 0 Å². The lowest BCUT2D eigenvalue weighted by atomic mass is 9.82. The Morgan fingerprint density at radius 1 is 1.22 bits per heavy atom. The van der Waals surface area contributed by atoms with Gasteiger partial charge in [0.15, 0.2) is 0 Å². The van der Waals surface area contributed by atoms with Gasteiger partial charge in [0.1, 0.15) is 0 Å². The zero-order valence-electron chi connectivity index (χ0n) is 10.6. The van der Waals surface area contributed by atoms with E-state index in [4.69, 9.17) is 10.00 Å². The number of rotatable bonds is 4. The van der Waals surface area contributed by atoms with Crippen LogP contribution in [0.25, 0.3) is 0 Å². The Bertz CT molecular complexity index is 421. The number of ether oxygens (including phenoxy) is 1. The molecule has 0 aromatic heterocycles. The van der Waals surface area contributed by atoms with Gasteiger partial charge in [-0.1, -0.05) is 18.2 Å². The average molecular weight is 241 g/mol. The summed E-state index contributed by atoms with van der Waals surface area (Å²) in [5.74, 6) is 0.626. The first-order chi connectivity index (χ1) is 8.83. The molecule has 0 saturated heterocycles. The smallest absolute Gasteiger partial charge is 0.0991 e. The number of nitriles is 1. The van der Waals surface area contributed by atoms with Gasteiger partial charge in [-0.2, -0.15) is 5.26 Å². The van der Waals surface area contributed by atoms with Gasteiger partial charge in [-0.15, -0.1) is 6.58 Å². The molecule has 0 N–H and O–H groups in total. The van der Waals surface area contributed by atoms with E-state index in [1.165, 1.54) is 18.4 Å². The molecule has 1 aliphatic rings. The maximum atomic E-state index is 8.78. The number of nitrogens with zero attached hydrogens (tertiary/aromatic N) is 1. The second-order valence-electron chi connectivity index (χ2n) is 4.83. The molecule has 2 rings (SSSR count). The highest BCUT2D eigenvalue weighted by Crippen LogP contribution is 2.34. The highest BCUT2D eigenvalue weighted by atomic mass is 16.5. The molecule has 1 saturated carbocycles. The molecule has 0 bridgehead atoms. The Balaban J connectivity index is 1.88. The molecule has 94 valence electrons. The fourth-order valence-corrected chi connectivity index (χ4v) is 2.60. The molecule has 0 spiro atoms. The van der Waals surface area contributed by atoms with Crippen molar-refractivity contribution >= 4 is 0 Å². The van der Waals surface area contributed by atoms with Crippen molar-refractivity contribution in [2.24, 2.45) is 0 Å². The first kappa shape index (κ1) is 12.9. The molecule has 0 unspecified atom stereocenters. The van der Waals surface area contributed by atoms with Crippen LogP contribution in [0.1, 0.15) is 42.7 Å². The Kier molecular flexibility index (Phi) is 4.55. The summed E-state index contributed by atoms with van der Waals surface area (Å²) < 4.78 is 5.69. The molecular formula is C16H19NO. The summed E-state index contributed by atoms with van der Waals surface area (Å²) in [5, 5.41) is 8.78. The fraction of sp³-hybridized carbons (Fsp3) is 0.438. The summed E-state index contributed by atoms with van der Waals surface area (Å²) in [7, 11) is 0. The van der Waals surface area contributed by atoms with Crippen LogP contribution < -0.4 is 0 Å². The van der Waals surface area contributed by atoms with Crippen molar-refractivity contribution in [1.29, 1.82) is 5.26 Å². The van der Waals surface area contributed by atoms with Crippen molar-refractivity contribution < 1.29 is 4.74 Å². The Morgan fingerprint density at radius 2 is 1.89 bits per heavy atom. The van der Waals surface area contributed by atoms with Crippen LogP contribution in [0, 0.1) is 11.3 Å². The van der Waals surface area contributed by atoms with Gasteiger partial charge >= 0.3 is 0 Å². The van der Waals surface area contributed by atoms with E-state index in [1.807, 2.05) is 18.2 Å². The molecule has 0 atom stereocenters. The summed E-state index contributed by atoms with van der Waals surface area (Å²) in [6, 6.07) is 10.2. The van der Waals surface area contributed by atoms with Crippen LogP contribution in [0.3, 0.4) is 0 Å². The molecule has 18 heavy (non-hydrogen) atoms. The van der Waals surface area contributed by atoms with E-state index < -0.39 is 0 Å². The van der Waals surface area contributed by atoms with Gasteiger partial charge in [0.25, 0.3) is 0 Å². The van der Waals surface area contributed by atoms with Crippen LogP contribution in [0.4, 0.5) is 0 Å². The van der Waals surface area contributed by atoms with E-state index in [1.54, 1.807) is 0 Å². The van der Waals surface area contributed by atoms with E-state index in [-0.39, 0.29) is 0 Å². The van der Waals surface area contributed by atoms with E-state index in [0.717, 1.165) is 18.4 Å². The Hall–Kier alpha value is -1.59. The average Bonchev–Trinajstić information content (AvgIpc) is 2.46. The van der Waals surface area contributed by atoms with Crippen molar-refractivity contribution in [3.8, 4) is 6.07 Å². The molecule has 0 amide bonds. The molecule has 1 fully saturated rings. The van der Waals surface area contributed by atoms with E-state index >= 15 is 0 Å². The van der Waals surface area contributed by atoms with Gasteiger partial charge in [-0.25, -0.2) is 0 Å². The molecule has 1 aromatic rings. The third kappa shape index (κ3) is 3.21. The summed E-state index contributed by atoms with van der Waals surface area (Å²) in [6.07, 6.45) is 6.81. The van der Waals surface area contributed by atoms with Crippen LogP contribution in [-0.2, 0) is 4.74 Å². The fourth-order valence-electron chi connectivity index (χ4n) is 2.60. The minimum absolute atomic E-state index is 0.401. The van der Waals surface area contributed by atoms with Gasteiger partial charge < -0.3 is 4.74 Å². The highest BCUT2D eigenvalue weighted by molar-refractivity contribution is 5.33. The molecule has 1 aliphatic carbocycles. The standard InChI is InChI=1S/C16H19NO/c1-2-11-18-16-9-7-15(8-10-16)14-5-3-13(12-17)4-6-14/h2-6,15-16H,1,7-11H2. The molecule has 2 heteroatoms. The maximum Gasteiger partial charge on any atom is 0.0991 e. The van der Waals surface area contributed by atoms with Gasteiger partial charge in [-0.05, 0) is 49.3 Å². The van der Waals surface area contributed by atoms with Gasteiger partial charge in [0.05, 0.1) is 24.3 Å². The lowest BCUT2D eigenvalue weighted by Crippen LogP contribution is -2.20. The van der Waals surface area contributed by atoms with Crippen LogP contribution in [0.15, 0.2) is 36.9 Å². The number of hydrogen-bond donors (Lipinski definition) is 0. The van der Waals surface area contributed by atoms with Crippen LogP contribution in [-0.4, -0.2) is 12.7 Å². The minimum atomic E-state index is 0.401. The van der Waals surface area contributed by atoms with E-state index in [9.17, 15) is 0 Å². The van der Waals surface area contributed by atoms with E-state index in [2.05, 4.69) is 24.8 Å². The number of benzene rings is 1. The maximum absolute atomic E-state index is 8.78. The quantitative estimate of drug-likeness (QED) is 0.751. The normalized spacial score (nSPS) is 23.3. The van der Waals surface area contributed by atoms with Crippen molar-refractivity contribution in [3.05, 3.63) is 48.0 Å². The SMILES string of the molecule is C=CCOC1CCC(c2ccc(C#N)cc2)CC1. The van der Waals surface area contributed by atoms with Gasteiger partial charge in [0.2, 0.25) is 0 Å². The molecule has 0 radical (unpaired) electrons. The largest absolute Gasteiger partial charge is 0.374 e. The summed E-state index contributed by atoms with van der Waals surface area (Å²) in [6.45, 7) is 4.33. The van der Waals surface area contributed by atoms with Crippen molar-refractivity contribution in [2.75, 3.05) is 6.61 Å².